The van der Waals surface area contributed by atoms with Crippen molar-refractivity contribution in [3.8, 4) is 0 Å². The Morgan fingerprint density at radius 2 is 0.831 bits per heavy atom. The lowest BCUT2D eigenvalue weighted by molar-refractivity contribution is -0.138. The smallest absolute Gasteiger partial charge is 0.321 e. The second-order valence-corrected chi connectivity index (χ2v) is 19.2. The Morgan fingerprint density at radius 3 is 1.23 bits per heavy atom. The van der Waals surface area contributed by atoms with Gasteiger partial charge in [-0.1, -0.05) is 35.4 Å². The molecule has 0 saturated heterocycles. The first-order valence-corrected chi connectivity index (χ1v) is 25.2. The largest absolute Gasteiger partial charge is 0.480 e. The summed E-state index contributed by atoms with van der Waals surface area (Å²) in [5, 5.41) is 19.5. The fourth-order valence-corrected chi connectivity index (χ4v) is 8.75. The molecule has 0 aliphatic rings. The third-order valence-electron chi connectivity index (χ3n) is 10.3. The number of rotatable bonds is 39. The molecule has 0 aliphatic carbocycles. The van der Waals surface area contributed by atoms with Crippen molar-refractivity contribution in [2.24, 2.45) is 95.1 Å². The Balaban J connectivity index is 6.54. The molecule has 0 saturated carbocycles. The number of hydrogen-bond acceptors (Lipinski definition) is 16. The summed E-state index contributed by atoms with van der Waals surface area (Å²) in [5.41, 5.74) is 54.7. The van der Waals surface area contributed by atoms with Crippen LogP contribution in [0.25, 0.3) is 0 Å². The van der Waals surface area contributed by atoms with Gasteiger partial charge in [0.2, 0.25) is 29.5 Å². The topological polar surface area (TPSA) is 532 Å². The van der Waals surface area contributed by atoms with E-state index in [1.807, 2.05) is 0 Å². The van der Waals surface area contributed by atoms with E-state index in [2.05, 4.69) is 41.2 Å². The van der Waals surface area contributed by atoms with Gasteiger partial charge in [-0.05, 0) is 51.4 Å². The zero-order valence-corrected chi connectivity index (χ0v) is 42.3. The molecule has 5 amide bonds. The molecule has 0 aromatic rings. The van der Waals surface area contributed by atoms with Gasteiger partial charge in [-0.25, -0.2) is 0 Å². The number of carboxylic acid groups (broad SMARTS) is 1. The van der Waals surface area contributed by atoms with Crippen LogP contribution in [0, 0.1) is 17.8 Å². The number of primary amides is 1. The number of aliphatic imine (C=N–C) groups is 4. The first-order chi connectivity index (χ1) is 33.2. The molecular formula is C41H76N18O10S2. The van der Waals surface area contributed by atoms with Gasteiger partial charge in [0.05, 0.1) is 18.1 Å². The summed E-state index contributed by atoms with van der Waals surface area (Å²) in [6, 6.07) is -5.69. The van der Waals surface area contributed by atoms with Gasteiger partial charge in [-0.2, -0.15) is 0 Å². The summed E-state index contributed by atoms with van der Waals surface area (Å²) in [7, 11) is 2.21. The zero-order chi connectivity index (χ0) is 54.2. The van der Waals surface area contributed by atoms with Crippen LogP contribution in [0.5, 0.6) is 0 Å². The van der Waals surface area contributed by atoms with Crippen LogP contribution in [0.1, 0.15) is 91.4 Å². The third-order valence-corrected chi connectivity index (χ3v) is 12.7. The molecule has 402 valence electrons. The van der Waals surface area contributed by atoms with Gasteiger partial charge >= 0.3 is 5.97 Å². The molecule has 0 aromatic heterocycles. The van der Waals surface area contributed by atoms with Crippen LogP contribution in [0.3, 0.4) is 0 Å². The summed E-state index contributed by atoms with van der Waals surface area (Å²) in [4.78, 5) is 133. The van der Waals surface area contributed by atoms with Crippen molar-refractivity contribution in [3.05, 3.63) is 0 Å². The summed E-state index contributed by atoms with van der Waals surface area (Å²) in [6.45, 7) is 4.53. The van der Waals surface area contributed by atoms with Gasteiger partial charge in [0, 0.05) is 81.6 Å². The predicted molar refractivity (Wildman–Crippen MR) is 273 cm³/mol. The van der Waals surface area contributed by atoms with Crippen molar-refractivity contribution < 1.29 is 48.3 Å². The number of carbonyl (C=O) groups excluding carboxylic acids is 8. The lowest BCUT2D eigenvalue weighted by Gasteiger charge is -2.25. The van der Waals surface area contributed by atoms with E-state index in [0.29, 0.717) is 6.42 Å². The highest BCUT2D eigenvalue weighted by Crippen LogP contribution is 2.24. The first-order valence-electron chi connectivity index (χ1n) is 22.7. The van der Waals surface area contributed by atoms with Crippen LogP contribution in [0.4, 0.5) is 0 Å². The van der Waals surface area contributed by atoms with Crippen molar-refractivity contribution in [1.29, 1.82) is 0 Å². The normalized spacial score (nSPS) is 14.2. The lowest BCUT2D eigenvalue weighted by Crippen LogP contribution is -2.49. The van der Waals surface area contributed by atoms with E-state index in [1.165, 1.54) is 20.8 Å². The van der Waals surface area contributed by atoms with Gasteiger partial charge < -0.3 is 83.7 Å². The number of hydrogen-bond donors (Lipinski definition) is 15. The molecule has 0 aliphatic heterocycles. The third kappa shape index (κ3) is 30.7. The summed E-state index contributed by atoms with van der Waals surface area (Å²) >= 11 is 0. The summed E-state index contributed by atoms with van der Waals surface area (Å²) in [5.74, 6) is -10.1. The average Bonchev–Trinajstić information content (AvgIpc) is 3.27. The molecule has 30 heteroatoms. The highest BCUT2D eigenvalue weighted by molar-refractivity contribution is 8.76. The molecule has 25 N–H and O–H groups in total. The minimum Gasteiger partial charge on any atom is -0.480 e. The van der Waals surface area contributed by atoms with E-state index in [9.17, 15) is 43.2 Å². The van der Waals surface area contributed by atoms with E-state index in [0.717, 1.165) is 21.6 Å². The fraction of sp³-hybridized carbons (Fsp3) is 0.683. The number of carboxylic acids is 1. The molecule has 0 bridgehead atoms. The quantitative estimate of drug-likeness (QED) is 0.0119. The highest BCUT2D eigenvalue weighted by Gasteiger charge is 2.33. The van der Waals surface area contributed by atoms with Crippen LogP contribution >= 0.6 is 21.6 Å². The first kappa shape index (κ1) is 64.6. The molecule has 5 unspecified atom stereocenters. The Hall–Kier alpha value is -6.43. The second-order valence-electron chi connectivity index (χ2n) is 16.7. The SMILES string of the molecule is CC(=O)NC(CSSC[C@H](N)C(=O)O)C(=O)C[C@H](C)C(=O)NC(CCCN=C(N)N)C(=O)CC(CCCN=C(N)N)C(=O)NC(CCCN=C(N)N)C(=O)C[C@H](C)C(=O)NC(CCCN=C(N)N)C(N)=O. The molecule has 0 heterocycles. The number of amides is 5. The second kappa shape index (κ2) is 35.6. The molecule has 0 rings (SSSR count). The van der Waals surface area contributed by atoms with Crippen molar-refractivity contribution in [1.82, 2.24) is 21.3 Å². The highest BCUT2D eigenvalue weighted by atomic mass is 33.1. The number of nitrogens with two attached hydrogens (primary N) is 10. The van der Waals surface area contributed by atoms with Gasteiger partial charge in [0.1, 0.15) is 12.1 Å². The van der Waals surface area contributed by atoms with Crippen LogP contribution in [0.2, 0.25) is 0 Å². The molecule has 71 heavy (non-hydrogen) atoms. The van der Waals surface area contributed by atoms with Crippen molar-refractivity contribution in [2.45, 2.75) is 122 Å². The molecular weight excluding hydrogens is 969 g/mol. The van der Waals surface area contributed by atoms with E-state index in [4.69, 9.17) is 62.4 Å². The minimum atomic E-state index is -1.22. The molecule has 0 spiro atoms. The van der Waals surface area contributed by atoms with Crippen LogP contribution < -0.4 is 78.6 Å². The van der Waals surface area contributed by atoms with E-state index < -0.39 is 107 Å². The Morgan fingerprint density at radius 1 is 0.479 bits per heavy atom. The maximum absolute atomic E-state index is 14.2. The van der Waals surface area contributed by atoms with Gasteiger partial charge in [-0.15, -0.1) is 0 Å². The number of carbonyl (C=O) groups is 9. The van der Waals surface area contributed by atoms with Crippen molar-refractivity contribution >= 4 is 98.3 Å². The monoisotopic (exact) mass is 1040 g/mol. The Kier molecular flexibility index (Phi) is 32.4. The predicted octanol–water partition coefficient (Wildman–Crippen LogP) is -4.80. The molecule has 0 aromatic carbocycles. The molecule has 0 fully saturated rings. The maximum Gasteiger partial charge on any atom is 0.321 e. The fourth-order valence-electron chi connectivity index (χ4n) is 6.44. The minimum absolute atomic E-state index is 0.00392. The Labute approximate surface area is 420 Å². The molecule has 0 radical (unpaired) electrons. The van der Waals surface area contributed by atoms with E-state index >= 15 is 0 Å². The number of aliphatic carboxylic acids is 1. The zero-order valence-electron chi connectivity index (χ0n) is 40.6. The van der Waals surface area contributed by atoms with Gasteiger partial charge in [0.25, 0.3) is 0 Å². The Bertz CT molecular complexity index is 1910. The van der Waals surface area contributed by atoms with Crippen LogP contribution in [0.15, 0.2) is 20.0 Å². The van der Waals surface area contributed by atoms with E-state index in [-0.39, 0.29) is 119 Å². The van der Waals surface area contributed by atoms with Crippen molar-refractivity contribution in [2.75, 3.05) is 37.7 Å². The number of Topliss-reactive ketones (excluding diaryl/α,β-unsaturated/α-hetero) is 3. The number of nitrogens with one attached hydrogen (secondary N) is 4. The summed E-state index contributed by atoms with van der Waals surface area (Å²) in [6.07, 6.45) is -0.120. The maximum atomic E-state index is 14.2. The number of ketones is 3. The van der Waals surface area contributed by atoms with Crippen LogP contribution in [-0.2, 0) is 43.2 Å². The van der Waals surface area contributed by atoms with Crippen LogP contribution in [-0.4, -0.2) is 150 Å². The number of guanidine groups is 4. The molecule has 28 nitrogen and oxygen atoms in total. The molecule has 8 atom stereocenters. The number of nitrogens with zero attached hydrogens (tertiary/aromatic N) is 4. The lowest BCUT2D eigenvalue weighted by atomic mass is 9.90. The van der Waals surface area contributed by atoms with Gasteiger partial charge in [-0.3, -0.25) is 63.1 Å². The van der Waals surface area contributed by atoms with Crippen molar-refractivity contribution in [3.63, 3.8) is 0 Å². The standard InChI is InChI=1S/C41H76N18O10S2/c1-21(35(66)59-28(33(43)64)11-7-15-55-41(50)51)16-30(61)26(9-5-13-53-39(46)47)58-36(67)24(8-4-12-52-38(44)45)18-32(63)27(10-6-14-54-40(48)49)57-34(65)22(2)17-31(62)29(56-23(3)60)20-71-70-19-25(42)37(68)69/h21-22,24-29H,4-20,42H2,1-3H3,(H2,43,64)(H,56,60)(H,57,65)(H,58,67)(H,59,66)(H,68,69)(H4,44,45,52)(H4,46,47,53)(H4,48,49,54)(H4,50,51,55)/t21-,22-,24?,25-,26?,27?,28?,29?/m0/s1. The van der Waals surface area contributed by atoms with Gasteiger partial charge in [0.15, 0.2) is 41.2 Å². The average molecular weight is 1050 g/mol. The summed E-state index contributed by atoms with van der Waals surface area (Å²) < 4.78 is 0. The van der Waals surface area contributed by atoms with E-state index in [1.54, 1.807) is 0 Å².